The summed E-state index contributed by atoms with van der Waals surface area (Å²) in [5.74, 6) is 1.21. The van der Waals surface area contributed by atoms with E-state index in [0.717, 1.165) is 12.8 Å². The Bertz CT molecular complexity index is 1240. The lowest BCUT2D eigenvalue weighted by atomic mass is 9.99. The lowest BCUT2D eigenvalue weighted by Crippen LogP contribution is -2.44. The fourth-order valence-corrected chi connectivity index (χ4v) is 4.41. The van der Waals surface area contributed by atoms with Gasteiger partial charge in [0.25, 0.3) is 0 Å². The van der Waals surface area contributed by atoms with Crippen LogP contribution in [-0.2, 0) is 16.9 Å². The number of hydrogen-bond donors (Lipinski definition) is 2. The van der Waals surface area contributed by atoms with E-state index in [1.165, 1.54) is 0 Å². The first-order chi connectivity index (χ1) is 16.9. The summed E-state index contributed by atoms with van der Waals surface area (Å²) in [5, 5.41) is 18.3. The van der Waals surface area contributed by atoms with Gasteiger partial charge in [0.1, 0.15) is 22.2 Å². The molecule has 4 heterocycles. The van der Waals surface area contributed by atoms with E-state index in [4.69, 9.17) is 24.8 Å². The molecule has 36 heavy (non-hydrogen) atoms. The molecule has 0 spiro atoms. The summed E-state index contributed by atoms with van der Waals surface area (Å²) in [4.78, 5) is 23.5. The fraction of sp³-hybridized carbons (Fsp3) is 0.625. The van der Waals surface area contributed by atoms with Gasteiger partial charge in [-0.15, -0.1) is 0 Å². The summed E-state index contributed by atoms with van der Waals surface area (Å²) in [5.41, 5.74) is 6.03. The maximum atomic E-state index is 12.6. The Balaban J connectivity index is 1.64. The van der Waals surface area contributed by atoms with Crippen LogP contribution in [0.15, 0.2) is 10.8 Å². The molecule has 0 saturated carbocycles. The summed E-state index contributed by atoms with van der Waals surface area (Å²) < 4.78 is 18.5. The van der Waals surface area contributed by atoms with Crippen molar-refractivity contribution in [2.24, 2.45) is 5.92 Å². The SMILES string of the molecule is CCn1c(-c2nonc2N)nc2c(C(C)(C)O)ncc(OCC3CCCN(C(=O)OC(C)(C)C)C3)c21. The van der Waals surface area contributed by atoms with Crippen molar-refractivity contribution in [3.8, 4) is 17.3 Å². The number of aromatic nitrogens is 5. The monoisotopic (exact) mass is 501 g/mol. The van der Waals surface area contributed by atoms with E-state index in [1.807, 2.05) is 32.3 Å². The third kappa shape index (κ3) is 5.23. The minimum absolute atomic E-state index is 0.115. The number of anilines is 1. The van der Waals surface area contributed by atoms with Crippen molar-refractivity contribution in [3.63, 3.8) is 0 Å². The minimum Gasteiger partial charge on any atom is -0.489 e. The van der Waals surface area contributed by atoms with E-state index >= 15 is 0 Å². The largest absolute Gasteiger partial charge is 0.489 e. The highest BCUT2D eigenvalue weighted by atomic mass is 16.6. The number of aliphatic hydroxyl groups is 1. The molecule has 12 nitrogen and oxygen atoms in total. The Kier molecular flexibility index (Phi) is 6.82. The van der Waals surface area contributed by atoms with E-state index in [0.29, 0.717) is 60.2 Å². The Labute approximate surface area is 209 Å². The number of fused-ring (bicyclic) bond motifs is 1. The molecule has 12 heteroatoms. The zero-order chi connectivity index (χ0) is 26.3. The first-order valence-corrected chi connectivity index (χ1v) is 12.2. The van der Waals surface area contributed by atoms with Crippen LogP contribution in [0.2, 0.25) is 0 Å². The number of aryl methyl sites for hydroxylation is 1. The standard InChI is InChI=1S/C24H35N7O5/c1-7-31-18-15(34-13-14-9-8-10-30(12-14)22(32)35-23(2,3)4)11-26-19(24(5,6)33)16(18)27-21(31)17-20(25)29-36-28-17/h11,14,33H,7-10,12-13H2,1-6H3,(H2,25,29). The first kappa shape index (κ1) is 25.7. The summed E-state index contributed by atoms with van der Waals surface area (Å²) in [6.45, 7) is 13.0. The zero-order valence-electron chi connectivity index (χ0n) is 21.7. The molecule has 1 saturated heterocycles. The molecule has 1 fully saturated rings. The number of hydrogen-bond acceptors (Lipinski definition) is 10. The van der Waals surface area contributed by atoms with Crippen LogP contribution in [0.3, 0.4) is 0 Å². The van der Waals surface area contributed by atoms with Crippen molar-refractivity contribution in [2.45, 2.75) is 72.1 Å². The Hall–Kier alpha value is -3.41. The van der Waals surface area contributed by atoms with Crippen LogP contribution in [0.1, 0.15) is 60.1 Å². The molecule has 3 aromatic rings. The van der Waals surface area contributed by atoms with E-state index in [2.05, 4.69) is 15.3 Å². The van der Waals surface area contributed by atoms with Crippen molar-refractivity contribution in [2.75, 3.05) is 25.4 Å². The molecule has 0 bridgehead atoms. The predicted octanol–water partition coefficient (Wildman–Crippen LogP) is 3.34. The molecule has 1 unspecified atom stereocenters. The van der Waals surface area contributed by atoms with Gasteiger partial charge in [0.05, 0.1) is 18.5 Å². The van der Waals surface area contributed by atoms with Gasteiger partial charge < -0.3 is 29.8 Å². The molecule has 3 N–H and O–H groups in total. The van der Waals surface area contributed by atoms with Gasteiger partial charge in [-0.3, -0.25) is 4.98 Å². The molecule has 1 atom stereocenters. The Morgan fingerprint density at radius 3 is 2.64 bits per heavy atom. The number of nitrogen functional groups attached to an aromatic ring is 1. The number of rotatable bonds is 6. The topological polar surface area (TPSA) is 155 Å². The summed E-state index contributed by atoms with van der Waals surface area (Å²) in [7, 11) is 0. The van der Waals surface area contributed by atoms with Gasteiger partial charge in [0, 0.05) is 25.6 Å². The molecular weight excluding hydrogens is 466 g/mol. The average Bonchev–Trinajstić information content (AvgIpc) is 3.38. The number of nitrogens with two attached hydrogens (primary N) is 1. The second-order valence-electron chi connectivity index (χ2n) is 10.7. The molecule has 0 aromatic carbocycles. The van der Waals surface area contributed by atoms with E-state index < -0.39 is 11.2 Å². The van der Waals surface area contributed by atoms with Gasteiger partial charge in [-0.25, -0.2) is 14.4 Å². The molecule has 196 valence electrons. The third-order valence-electron chi connectivity index (χ3n) is 6.00. The van der Waals surface area contributed by atoms with E-state index in [-0.39, 0.29) is 17.8 Å². The number of likely N-dealkylation sites (tertiary alicyclic amines) is 1. The number of imidazole rings is 1. The van der Waals surface area contributed by atoms with Gasteiger partial charge in [-0.2, -0.15) is 0 Å². The fourth-order valence-electron chi connectivity index (χ4n) is 4.41. The minimum atomic E-state index is -1.24. The number of nitrogens with zero attached hydrogens (tertiary/aromatic N) is 6. The summed E-state index contributed by atoms with van der Waals surface area (Å²) in [6.07, 6.45) is 3.09. The molecule has 0 radical (unpaired) electrons. The van der Waals surface area contributed by atoms with E-state index in [1.54, 1.807) is 24.9 Å². The summed E-state index contributed by atoms with van der Waals surface area (Å²) in [6, 6.07) is 0. The summed E-state index contributed by atoms with van der Waals surface area (Å²) >= 11 is 0. The average molecular weight is 502 g/mol. The van der Waals surface area contributed by atoms with Crippen molar-refractivity contribution in [1.29, 1.82) is 0 Å². The van der Waals surface area contributed by atoms with Gasteiger partial charge >= 0.3 is 6.09 Å². The first-order valence-electron chi connectivity index (χ1n) is 12.2. The highest BCUT2D eigenvalue weighted by Gasteiger charge is 2.31. The lowest BCUT2D eigenvalue weighted by molar-refractivity contribution is 0.0139. The van der Waals surface area contributed by atoms with Crippen LogP contribution in [-0.4, -0.2) is 66.2 Å². The van der Waals surface area contributed by atoms with Crippen molar-refractivity contribution < 1.29 is 24.0 Å². The second kappa shape index (κ2) is 9.57. The number of piperidine rings is 1. The molecule has 0 aliphatic carbocycles. The quantitative estimate of drug-likeness (QED) is 0.514. The highest BCUT2D eigenvalue weighted by molar-refractivity contribution is 5.88. The van der Waals surface area contributed by atoms with Gasteiger partial charge in [-0.05, 0) is 64.7 Å². The van der Waals surface area contributed by atoms with E-state index in [9.17, 15) is 9.90 Å². The molecule has 4 rings (SSSR count). The zero-order valence-corrected chi connectivity index (χ0v) is 21.7. The molecular formula is C24H35N7O5. The van der Waals surface area contributed by atoms with Crippen LogP contribution >= 0.6 is 0 Å². The number of ether oxygens (including phenoxy) is 2. The van der Waals surface area contributed by atoms with Gasteiger partial charge in [-0.1, -0.05) is 0 Å². The van der Waals surface area contributed by atoms with Crippen LogP contribution in [0.5, 0.6) is 5.75 Å². The maximum absolute atomic E-state index is 12.6. The second-order valence-corrected chi connectivity index (χ2v) is 10.7. The molecule has 1 amide bonds. The molecule has 1 aliphatic heterocycles. The van der Waals surface area contributed by atoms with Crippen molar-refractivity contribution >= 4 is 22.9 Å². The number of pyridine rings is 1. The highest BCUT2D eigenvalue weighted by Crippen LogP contribution is 2.36. The number of carbonyl (C=O) groups excluding carboxylic acids is 1. The van der Waals surface area contributed by atoms with Gasteiger partial charge in [0.15, 0.2) is 23.1 Å². The molecule has 1 aliphatic rings. The van der Waals surface area contributed by atoms with Crippen LogP contribution in [0, 0.1) is 5.92 Å². The van der Waals surface area contributed by atoms with Crippen LogP contribution in [0.25, 0.3) is 22.6 Å². The molecule has 3 aromatic heterocycles. The van der Waals surface area contributed by atoms with Crippen molar-refractivity contribution in [1.82, 2.24) is 29.7 Å². The van der Waals surface area contributed by atoms with Crippen LogP contribution in [0.4, 0.5) is 10.6 Å². The van der Waals surface area contributed by atoms with Crippen molar-refractivity contribution in [3.05, 3.63) is 11.9 Å². The van der Waals surface area contributed by atoms with Gasteiger partial charge in [0.2, 0.25) is 0 Å². The van der Waals surface area contributed by atoms with Crippen LogP contribution < -0.4 is 10.5 Å². The normalized spacial score (nSPS) is 17.0. The smallest absolute Gasteiger partial charge is 0.410 e. The number of carbonyl (C=O) groups is 1. The third-order valence-corrected chi connectivity index (χ3v) is 6.00. The lowest BCUT2D eigenvalue weighted by Gasteiger charge is -2.34. The Morgan fingerprint density at radius 1 is 1.28 bits per heavy atom. The predicted molar refractivity (Wildman–Crippen MR) is 132 cm³/mol. The Morgan fingerprint density at radius 2 is 2.03 bits per heavy atom. The maximum Gasteiger partial charge on any atom is 0.410 e. The number of amides is 1.